The SMILES string of the molecule is CC(C)Oc1ccc(C(=O)N2CCCC(Oc3ccc(N(C)C)nn3)C2)cn1. The van der Waals surface area contributed by atoms with Crippen LogP contribution in [0.1, 0.15) is 37.0 Å². The number of nitrogens with zero attached hydrogens (tertiary/aromatic N) is 5. The van der Waals surface area contributed by atoms with Crippen molar-refractivity contribution in [3.63, 3.8) is 0 Å². The molecule has 3 rings (SSSR count). The smallest absolute Gasteiger partial charge is 0.255 e. The molecule has 1 aliphatic heterocycles. The molecule has 3 heterocycles. The summed E-state index contributed by atoms with van der Waals surface area (Å²) in [5.74, 6) is 1.71. The Morgan fingerprint density at radius 3 is 2.57 bits per heavy atom. The molecule has 8 heteroatoms. The molecule has 1 saturated heterocycles. The van der Waals surface area contributed by atoms with Gasteiger partial charge in [0.15, 0.2) is 5.82 Å². The van der Waals surface area contributed by atoms with Gasteiger partial charge in [-0.1, -0.05) is 0 Å². The van der Waals surface area contributed by atoms with Gasteiger partial charge < -0.3 is 19.3 Å². The van der Waals surface area contributed by atoms with Gasteiger partial charge in [-0.05, 0) is 38.8 Å². The Labute approximate surface area is 165 Å². The summed E-state index contributed by atoms with van der Waals surface area (Å²) >= 11 is 0. The van der Waals surface area contributed by atoms with Crippen molar-refractivity contribution in [1.29, 1.82) is 0 Å². The number of rotatable bonds is 6. The standard InChI is InChI=1S/C20H27N5O3/c1-14(2)27-18-9-7-15(12-21-18)20(26)25-11-5-6-16(13-25)28-19-10-8-17(22-23-19)24(3)4/h7-10,12,14,16H,5-6,11,13H2,1-4H3. The summed E-state index contributed by atoms with van der Waals surface area (Å²) in [5, 5.41) is 8.24. The first-order chi connectivity index (χ1) is 13.4. The molecule has 1 fully saturated rings. The van der Waals surface area contributed by atoms with E-state index in [9.17, 15) is 4.79 Å². The van der Waals surface area contributed by atoms with Crippen LogP contribution < -0.4 is 14.4 Å². The van der Waals surface area contributed by atoms with Crippen LogP contribution in [0.3, 0.4) is 0 Å². The second-order valence-corrected chi connectivity index (χ2v) is 7.31. The zero-order chi connectivity index (χ0) is 20.1. The zero-order valence-electron chi connectivity index (χ0n) is 16.8. The van der Waals surface area contributed by atoms with E-state index in [1.54, 1.807) is 29.3 Å². The lowest BCUT2D eigenvalue weighted by Gasteiger charge is -2.32. The number of carbonyl (C=O) groups is 1. The molecule has 0 aliphatic carbocycles. The van der Waals surface area contributed by atoms with E-state index >= 15 is 0 Å². The predicted octanol–water partition coefficient (Wildman–Crippen LogP) is 2.41. The van der Waals surface area contributed by atoms with Crippen LogP contribution in [0.25, 0.3) is 0 Å². The Bertz CT molecular complexity index is 777. The third-order valence-electron chi connectivity index (χ3n) is 4.38. The Hall–Kier alpha value is -2.90. The van der Waals surface area contributed by atoms with Crippen LogP contribution >= 0.6 is 0 Å². The highest BCUT2D eigenvalue weighted by molar-refractivity contribution is 5.94. The number of ether oxygens (including phenoxy) is 2. The van der Waals surface area contributed by atoms with Crippen LogP contribution in [0, 0.1) is 0 Å². The van der Waals surface area contributed by atoms with Gasteiger partial charge in [0, 0.05) is 39.0 Å². The van der Waals surface area contributed by atoms with E-state index in [4.69, 9.17) is 9.47 Å². The van der Waals surface area contributed by atoms with Crippen LogP contribution in [-0.4, -0.2) is 65.4 Å². The molecule has 0 radical (unpaired) electrons. The molecule has 28 heavy (non-hydrogen) atoms. The minimum atomic E-state index is -0.103. The minimum absolute atomic E-state index is 0.0453. The van der Waals surface area contributed by atoms with Crippen molar-refractivity contribution in [2.24, 2.45) is 0 Å². The fourth-order valence-corrected chi connectivity index (χ4v) is 3.00. The first-order valence-corrected chi connectivity index (χ1v) is 9.52. The van der Waals surface area contributed by atoms with Gasteiger partial charge in [0.1, 0.15) is 6.10 Å². The second kappa shape index (κ2) is 8.86. The van der Waals surface area contributed by atoms with E-state index in [1.807, 2.05) is 38.9 Å². The molecule has 2 aromatic rings. The monoisotopic (exact) mass is 385 g/mol. The van der Waals surface area contributed by atoms with Crippen molar-refractivity contribution >= 4 is 11.7 Å². The van der Waals surface area contributed by atoms with Crippen molar-refractivity contribution in [3.05, 3.63) is 36.0 Å². The maximum atomic E-state index is 12.8. The van der Waals surface area contributed by atoms with E-state index in [0.29, 0.717) is 30.4 Å². The van der Waals surface area contributed by atoms with Gasteiger partial charge in [-0.15, -0.1) is 10.2 Å². The summed E-state index contributed by atoms with van der Waals surface area (Å²) in [6, 6.07) is 7.15. The highest BCUT2D eigenvalue weighted by Gasteiger charge is 2.26. The van der Waals surface area contributed by atoms with Gasteiger partial charge in [0.2, 0.25) is 11.8 Å². The van der Waals surface area contributed by atoms with Gasteiger partial charge in [-0.2, -0.15) is 0 Å². The molecule has 8 nitrogen and oxygen atoms in total. The Balaban J connectivity index is 1.60. The molecule has 0 bridgehead atoms. The number of hydrogen-bond acceptors (Lipinski definition) is 7. The van der Waals surface area contributed by atoms with E-state index in [1.165, 1.54) is 0 Å². The maximum Gasteiger partial charge on any atom is 0.255 e. The molecule has 0 aromatic carbocycles. The number of carbonyl (C=O) groups excluding carboxylic acids is 1. The summed E-state index contributed by atoms with van der Waals surface area (Å²) in [6.45, 7) is 5.09. The first-order valence-electron chi connectivity index (χ1n) is 9.52. The first kappa shape index (κ1) is 19.9. The number of aromatic nitrogens is 3. The van der Waals surface area contributed by atoms with Crippen molar-refractivity contribution in [2.45, 2.75) is 38.9 Å². The van der Waals surface area contributed by atoms with Crippen LogP contribution in [0.4, 0.5) is 5.82 Å². The van der Waals surface area contributed by atoms with Gasteiger partial charge in [0.25, 0.3) is 5.91 Å². The highest BCUT2D eigenvalue weighted by Crippen LogP contribution is 2.20. The molecule has 0 spiro atoms. The van der Waals surface area contributed by atoms with Crippen molar-refractivity contribution in [1.82, 2.24) is 20.1 Å². The lowest BCUT2D eigenvalue weighted by molar-refractivity contribution is 0.0525. The van der Waals surface area contributed by atoms with E-state index < -0.39 is 0 Å². The van der Waals surface area contributed by atoms with Crippen LogP contribution in [0.15, 0.2) is 30.5 Å². The number of pyridine rings is 1. The van der Waals surface area contributed by atoms with Crippen LogP contribution in [-0.2, 0) is 0 Å². The van der Waals surface area contributed by atoms with Gasteiger partial charge in [0.05, 0.1) is 18.2 Å². The van der Waals surface area contributed by atoms with Gasteiger partial charge in [-0.25, -0.2) is 4.98 Å². The summed E-state index contributed by atoms with van der Waals surface area (Å²) in [5.41, 5.74) is 0.548. The number of anilines is 1. The fourth-order valence-electron chi connectivity index (χ4n) is 3.00. The predicted molar refractivity (Wildman–Crippen MR) is 106 cm³/mol. The summed E-state index contributed by atoms with van der Waals surface area (Å²) in [4.78, 5) is 20.7. The zero-order valence-corrected chi connectivity index (χ0v) is 16.8. The van der Waals surface area contributed by atoms with E-state index in [-0.39, 0.29) is 18.1 Å². The summed E-state index contributed by atoms with van der Waals surface area (Å²) in [6.07, 6.45) is 3.26. The Morgan fingerprint density at radius 2 is 1.96 bits per heavy atom. The topological polar surface area (TPSA) is 80.7 Å². The molecule has 1 unspecified atom stereocenters. The molecular weight excluding hydrogens is 358 g/mol. The van der Waals surface area contributed by atoms with E-state index in [2.05, 4.69) is 15.2 Å². The molecular formula is C20H27N5O3. The number of piperidine rings is 1. The molecule has 0 N–H and O–H groups in total. The molecule has 2 aromatic heterocycles. The number of hydrogen-bond donors (Lipinski definition) is 0. The Morgan fingerprint density at radius 1 is 1.18 bits per heavy atom. The molecule has 1 aliphatic rings. The molecule has 0 saturated carbocycles. The van der Waals surface area contributed by atoms with Crippen LogP contribution in [0.5, 0.6) is 11.8 Å². The number of likely N-dealkylation sites (tertiary alicyclic amines) is 1. The van der Waals surface area contributed by atoms with Crippen molar-refractivity contribution in [3.8, 4) is 11.8 Å². The third-order valence-corrected chi connectivity index (χ3v) is 4.38. The second-order valence-electron chi connectivity index (χ2n) is 7.31. The summed E-state index contributed by atoms with van der Waals surface area (Å²) < 4.78 is 11.5. The average Bonchev–Trinajstić information content (AvgIpc) is 2.68. The van der Waals surface area contributed by atoms with E-state index in [0.717, 1.165) is 18.7 Å². The normalized spacial score (nSPS) is 16.8. The largest absolute Gasteiger partial charge is 0.475 e. The Kier molecular flexibility index (Phi) is 6.28. The minimum Gasteiger partial charge on any atom is -0.475 e. The fraction of sp³-hybridized carbons (Fsp3) is 0.500. The average molecular weight is 385 g/mol. The lowest BCUT2D eigenvalue weighted by Crippen LogP contribution is -2.44. The molecule has 150 valence electrons. The quantitative estimate of drug-likeness (QED) is 0.755. The number of amides is 1. The van der Waals surface area contributed by atoms with Gasteiger partial charge >= 0.3 is 0 Å². The summed E-state index contributed by atoms with van der Waals surface area (Å²) in [7, 11) is 3.82. The lowest BCUT2D eigenvalue weighted by atomic mass is 10.1. The maximum absolute atomic E-state index is 12.8. The molecule has 1 atom stereocenters. The van der Waals surface area contributed by atoms with Gasteiger partial charge in [-0.3, -0.25) is 4.79 Å². The molecule has 1 amide bonds. The third kappa shape index (κ3) is 5.09. The van der Waals surface area contributed by atoms with Crippen molar-refractivity contribution in [2.75, 3.05) is 32.1 Å². The van der Waals surface area contributed by atoms with Crippen molar-refractivity contribution < 1.29 is 14.3 Å². The van der Waals surface area contributed by atoms with Crippen LogP contribution in [0.2, 0.25) is 0 Å². The highest BCUT2D eigenvalue weighted by atomic mass is 16.5.